The lowest BCUT2D eigenvalue weighted by Gasteiger charge is -2.08. The molecule has 2 N–H and O–H groups in total. The molecule has 0 aliphatic carbocycles. The van der Waals surface area contributed by atoms with Crippen molar-refractivity contribution in [2.75, 3.05) is 0 Å². The minimum atomic E-state index is -0.582. The summed E-state index contributed by atoms with van der Waals surface area (Å²) in [6, 6.07) is 11.8. The number of carbonyl (C=O) groups excluding carboxylic acids is 2. The molecule has 10 nitrogen and oxygen atoms in total. The van der Waals surface area contributed by atoms with Crippen molar-refractivity contribution in [1.82, 2.24) is 25.6 Å². The molecule has 0 fully saturated rings. The molecule has 10 heteroatoms. The van der Waals surface area contributed by atoms with E-state index in [1.165, 1.54) is 30.6 Å². The fourth-order valence-corrected chi connectivity index (χ4v) is 2.26. The molecule has 27 heavy (non-hydrogen) atoms. The van der Waals surface area contributed by atoms with Gasteiger partial charge in [0.25, 0.3) is 17.5 Å². The predicted molar refractivity (Wildman–Crippen MR) is 93.6 cm³/mol. The molecule has 0 saturated carbocycles. The highest BCUT2D eigenvalue weighted by Gasteiger charge is 2.11. The molecular formula is C17H14N6O4. The summed E-state index contributed by atoms with van der Waals surface area (Å²) < 4.78 is 1.65. The van der Waals surface area contributed by atoms with E-state index in [-0.39, 0.29) is 11.3 Å². The number of aromatic nitrogens is 3. The van der Waals surface area contributed by atoms with Crippen LogP contribution in [-0.2, 0) is 6.54 Å². The maximum atomic E-state index is 12.1. The Kier molecular flexibility index (Phi) is 5.17. The highest BCUT2D eigenvalue weighted by molar-refractivity contribution is 5.99. The summed E-state index contributed by atoms with van der Waals surface area (Å²) in [5, 5.41) is 14.6. The van der Waals surface area contributed by atoms with Crippen LogP contribution in [0.4, 0.5) is 5.69 Å². The fraction of sp³-hybridized carbons (Fsp3) is 0.0588. The maximum absolute atomic E-state index is 12.1. The third-order valence-electron chi connectivity index (χ3n) is 3.66. The Bertz CT molecular complexity index is 952. The molecule has 0 bridgehead atoms. The number of nitro benzene ring substituents is 1. The van der Waals surface area contributed by atoms with Gasteiger partial charge in [0.05, 0.1) is 11.5 Å². The van der Waals surface area contributed by atoms with Crippen LogP contribution in [0.25, 0.3) is 0 Å². The molecule has 3 aromatic rings. The monoisotopic (exact) mass is 366 g/mol. The molecule has 1 heterocycles. The summed E-state index contributed by atoms with van der Waals surface area (Å²) in [7, 11) is 0. The molecule has 0 aliphatic rings. The van der Waals surface area contributed by atoms with E-state index in [1.807, 2.05) is 0 Å². The zero-order valence-corrected chi connectivity index (χ0v) is 13.9. The van der Waals surface area contributed by atoms with Crippen LogP contribution in [0.1, 0.15) is 26.3 Å². The van der Waals surface area contributed by atoms with Crippen molar-refractivity contribution in [2.24, 2.45) is 0 Å². The summed E-state index contributed by atoms with van der Waals surface area (Å²) in [4.78, 5) is 38.0. The number of benzene rings is 2. The molecule has 136 valence electrons. The summed E-state index contributed by atoms with van der Waals surface area (Å²) in [5.74, 6) is -1.07. The quantitative estimate of drug-likeness (QED) is 0.517. The molecule has 2 amide bonds. The van der Waals surface area contributed by atoms with Gasteiger partial charge < -0.3 is 0 Å². The van der Waals surface area contributed by atoms with Crippen molar-refractivity contribution in [3.05, 3.63) is 88.0 Å². The van der Waals surface area contributed by atoms with Crippen molar-refractivity contribution in [3.63, 3.8) is 0 Å². The Hall–Kier alpha value is -4.08. The average molecular weight is 366 g/mol. The van der Waals surface area contributed by atoms with E-state index in [0.717, 1.165) is 5.56 Å². The number of carbonyl (C=O) groups is 2. The molecule has 2 aromatic carbocycles. The first-order chi connectivity index (χ1) is 13.0. The summed E-state index contributed by atoms with van der Waals surface area (Å²) in [5.41, 5.74) is 5.93. The molecule has 0 unspecified atom stereocenters. The first-order valence-electron chi connectivity index (χ1n) is 7.79. The van der Waals surface area contributed by atoms with Gasteiger partial charge in [0, 0.05) is 23.3 Å². The van der Waals surface area contributed by atoms with Crippen molar-refractivity contribution in [1.29, 1.82) is 0 Å². The summed E-state index contributed by atoms with van der Waals surface area (Å²) in [6.45, 7) is 0.527. The molecule has 3 rings (SSSR count). The van der Waals surface area contributed by atoms with Crippen molar-refractivity contribution in [2.45, 2.75) is 6.54 Å². The molecular weight excluding hydrogens is 352 g/mol. The van der Waals surface area contributed by atoms with Gasteiger partial charge in [-0.15, -0.1) is 0 Å². The smallest absolute Gasteiger partial charge is 0.267 e. The van der Waals surface area contributed by atoms with E-state index in [9.17, 15) is 19.7 Å². The van der Waals surface area contributed by atoms with E-state index in [2.05, 4.69) is 20.9 Å². The molecule has 0 saturated heterocycles. The second-order valence-electron chi connectivity index (χ2n) is 5.50. The van der Waals surface area contributed by atoms with E-state index in [1.54, 1.807) is 35.3 Å². The van der Waals surface area contributed by atoms with E-state index in [4.69, 9.17) is 0 Å². The van der Waals surface area contributed by atoms with Crippen LogP contribution in [0.15, 0.2) is 61.2 Å². The number of amides is 2. The van der Waals surface area contributed by atoms with Gasteiger partial charge in [-0.05, 0) is 29.8 Å². The van der Waals surface area contributed by atoms with Crippen LogP contribution in [-0.4, -0.2) is 31.5 Å². The summed E-state index contributed by atoms with van der Waals surface area (Å²) in [6.07, 6.45) is 3.03. The zero-order chi connectivity index (χ0) is 19.2. The van der Waals surface area contributed by atoms with Crippen LogP contribution >= 0.6 is 0 Å². The first-order valence-corrected chi connectivity index (χ1v) is 7.79. The average Bonchev–Trinajstić information content (AvgIpc) is 3.19. The van der Waals surface area contributed by atoms with E-state index >= 15 is 0 Å². The van der Waals surface area contributed by atoms with Crippen molar-refractivity contribution >= 4 is 17.5 Å². The van der Waals surface area contributed by atoms with E-state index in [0.29, 0.717) is 12.1 Å². The van der Waals surface area contributed by atoms with Gasteiger partial charge in [-0.1, -0.05) is 12.1 Å². The van der Waals surface area contributed by atoms with Crippen LogP contribution < -0.4 is 10.9 Å². The molecule has 0 aliphatic heterocycles. The van der Waals surface area contributed by atoms with Gasteiger partial charge >= 0.3 is 0 Å². The lowest BCUT2D eigenvalue weighted by atomic mass is 10.1. The topological polar surface area (TPSA) is 132 Å². The molecule has 0 atom stereocenters. The van der Waals surface area contributed by atoms with Gasteiger partial charge in [0.15, 0.2) is 0 Å². The molecule has 0 radical (unpaired) electrons. The highest BCUT2D eigenvalue weighted by Crippen LogP contribution is 2.11. The number of non-ortho nitro benzene ring substituents is 1. The number of nitrogens with one attached hydrogen (secondary N) is 2. The second kappa shape index (κ2) is 7.87. The molecule has 0 spiro atoms. The largest absolute Gasteiger partial charge is 0.269 e. The normalized spacial score (nSPS) is 10.2. The fourth-order valence-electron chi connectivity index (χ4n) is 2.26. The highest BCUT2D eigenvalue weighted by atomic mass is 16.6. The van der Waals surface area contributed by atoms with Crippen LogP contribution in [0, 0.1) is 10.1 Å². The number of rotatable bonds is 5. The minimum absolute atomic E-state index is 0.124. The number of hydrazine groups is 1. The Morgan fingerprint density at radius 1 is 0.963 bits per heavy atom. The zero-order valence-electron chi connectivity index (χ0n) is 13.9. The SMILES string of the molecule is O=C(NNC(=O)c1ccc([N+](=O)[O-])cc1)c1ccc(Cn2cncn2)cc1. The lowest BCUT2D eigenvalue weighted by Crippen LogP contribution is -2.41. The van der Waals surface area contributed by atoms with Crippen LogP contribution in [0.3, 0.4) is 0 Å². The predicted octanol–water partition coefficient (Wildman–Crippen LogP) is 1.31. The van der Waals surface area contributed by atoms with Crippen LogP contribution in [0.5, 0.6) is 0 Å². The Balaban J connectivity index is 1.55. The number of hydrogen-bond donors (Lipinski definition) is 2. The van der Waals surface area contributed by atoms with Gasteiger partial charge in [-0.2, -0.15) is 5.10 Å². The summed E-state index contributed by atoms with van der Waals surface area (Å²) >= 11 is 0. The third kappa shape index (κ3) is 4.51. The van der Waals surface area contributed by atoms with Crippen molar-refractivity contribution < 1.29 is 14.5 Å². The maximum Gasteiger partial charge on any atom is 0.269 e. The third-order valence-corrected chi connectivity index (χ3v) is 3.66. The van der Waals surface area contributed by atoms with Crippen LogP contribution in [0.2, 0.25) is 0 Å². The minimum Gasteiger partial charge on any atom is -0.267 e. The van der Waals surface area contributed by atoms with Gasteiger partial charge in [0.1, 0.15) is 12.7 Å². The van der Waals surface area contributed by atoms with Gasteiger partial charge in [-0.3, -0.25) is 30.6 Å². The Labute approximate surface area is 153 Å². The van der Waals surface area contributed by atoms with Gasteiger partial charge in [-0.25, -0.2) is 9.67 Å². The lowest BCUT2D eigenvalue weighted by molar-refractivity contribution is -0.384. The number of nitrogens with zero attached hydrogens (tertiary/aromatic N) is 4. The second-order valence-corrected chi connectivity index (χ2v) is 5.50. The van der Waals surface area contributed by atoms with E-state index < -0.39 is 16.7 Å². The van der Waals surface area contributed by atoms with Gasteiger partial charge in [0.2, 0.25) is 0 Å². The number of hydrogen-bond acceptors (Lipinski definition) is 6. The first kappa shape index (κ1) is 17.7. The Morgan fingerprint density at radius 3 is 2.00 bits per heavy atom. The molecule has 1 aromatic heterocycles. The number of nitro groups is 1. The Morgan fingerprint density at radius 2 is 1.52 bits per heavy atom. The standard InChI is InChI=1S/C17H14N6O4/c24-16(13-3-1-12(2-4-13)9-22-11-18-10-19-22)20-21-17(25)14-5-7-15(8-6-14)23(26)27/h1-8,10-11H,9H2,(H,20,24)(H,21,25). The van der Waals surface area contributed by atoms with Crippen molar-refractivity contribution in [3.8, 4) is 0 Å².